The molecule has 1 aromatic carbocycles. The number of benzene rings is 1. The molecule has 1 fully saturated rings. The fourth-order valence-electron chi connectivity index (χ4n) is 2.12. The molecule has 1 saturated heterocycles. The van der Waals surface area contributed by atoms with Gasteiger partial charge in [0.2, 0.25) is 10.0 Å². The van der Waals surface area contributed by atoms with E-state index in [1.54, 1.807) is 12.1 Å². The van der Waals surface area contributed by atoms with Crippen LogP contribution in [0.3, 0.4) is 0 Å². The summed E-state index contributed by atoms with van der Waals surface area (Å²) in [6.45, 7) is 0.506. The van der Waals surface area contributed by atoms with Crippen LogP contribution in [0, 0.1) is 0 Å². The molecule has 0 unspecified atom stereocenters. The van der Waals surface area contributed by atoms with E-state index in [2.05, 4.69) is 4.74 Å². The number of ether oxygens (including phenoxy) is 1. The number of carbonyl (C=O) groups is 1. The van der Waals surface area contributed by atoms with Crippen LogP contribution in [0.2, 0.25) is 0 Å². The maximum atomic E-state index is 12.1. The van der Waals surface area contributed by atoms with E-state index >= 15 is 0 Å². The number of esters is 1. The lowest BCUT2D eigenvalue weighted by Crippen LogP contribution is -2.30. The van der Waals surface area contributed by atoms with Gasteiger partial charge in [-0.1, -0.05) is 12.1 Å². The molecule has 1 aromatic rings. The van der Waals surface area contributed by atoms with Gasteiger partial charge in [-0.25, -0.2) is 13.2 Å². The largest absolute Gasteiger partial charge is 0.465 e. The van der Waals surface area contributed by atoms with Crippen molar-refractivity contribution in [3.05, 3.63) is 35.4 Å². The fourth-order valence-corrected chi connectivity index (χ4v) is 3.70. The van der Waals surface area contributed by atoms with Crippen molar-refractivity contribution >= 4 is 16.0 Å². The van der Waals surface area contributed by atoms with Crippen LogP contribution in [0.15, 0.2) is 24.3 Å². The van der Waals surface area contributed by atoms with Gasteiger partial charge in [0, 0.05) is 13.1 Å². The van der Waals surface area contributed by atoms with E-state index < -0.39 is 22.1 Å². The van der Waals surface area contributed by atoms with Crippen LogP contribution >= 0.6 is 0 Å². The third kappa shape index (κ3) is 3.36. The molecule has 0 radical (unpaired) electrons. The fraction of sp³-hybridized carbons (Fsp3) is 0.462. The molecule has 1 N–H and O–H groups in total. The number of carbonyl (C=O) groups excluding carboxylic acids is 1. The summed E-state index contributed by atoms with van der Waals surface area (Å²) in [5.41, 5.74) is 0.976. The number of hydrogen-bond donors (Lipinski definition) is 1. The number of hydrogen-bond acceptors (Lipinski definition) is 5. The predicted octanol–water partition coefficient (Wildman–Crippen LogP) is 0.370. The molecule has 0 aromatic heterocycles. The molecule has 110 valence electrons. The van der Waals surface area contributed by atoms with Gasteiger partial charge < -0.3 is 9.84 Å². The van der Waals surface area contributed by atoms with Gasteiger partial charge >= 0.3 is 5.97 Å². The van der Waals surface area contributed by atoms with Crippen molar-refractivity contribution < 1.29 is 23.1 Å². The molecule has 1 heterocycles. The minimum absolute atomic E-state index is 0.138. The lowest BCUT2D eigenvalue weighted by atomic mass is 10.1. The molecular formula is C13H17NO5S. The maximum absolute atomic E-state index is 12.1. The molecule has 0 aliphatic carbocycles. The van der Waals surface area contributed by atoms with Crippen molar-refractivity contribution in [1.29, 1.82) is 0 Å². The number of β-amino-alcohol motifs (C(OH)–C–C–N with tert-alkyl or cyclic N) is 1. The molecule has 7 heteroatoms. The number of aliphatic hydroxyl groups excluding tert-OH is 1. The van der Waals surface area contributed by atoms with Crippen molar-refractivity contribution in [2.24, 2.45) is 0 Å². The smallest absolute Gasteiger partial charge is 0.337 e. The lowest BCUT2D eigenvalue weighted by Gasteiger charge is -2.15. The van der Waals surface area contributed by atoms with Crippen molar-refractivity contribution in [3.63, 3.8) is 0 Å². The second kappa shape index (κ2) is 5.90. The highest BCUT2D eigenvalue weighted by molar-refractivity contribution is 7.88. The van der Waals surface area contributed by atoms with Crippen LogP contribution in [0.5, 0.6) is 0 Å². The van der Waals surface area contributed by atoms with E-state index in [1.807, 2.05) is 0 Å². The van der Waals surface area contributed by atoms with E-state index in [1.165, 1.54) is 23.5 Å². The molecule has 0 amide bonds. The van der Waals surface area contributed by atoms with Gasteiger partial charge in [-0.3, -0.25) is 0 Å². The van der Waals surface area contributed by atoms with Gasteiger partial charge in [0.25, 0.3) is 0 Å². The molecule has 0 bridgehead atoms. The number of methoxy groups -OCH3 is 1. The Bertz CT molecular complexity index is 581. The normalized spacial score (nSPS) is 20.0. The minimum atomic E-state index is -3.43. The third-order valence-electron chi connectivity index (χ3n) is 3.24. The summed E-state index contributed by atoms with van der Waals surface area (Å²) in [5, 5.41) is 9.40. The monoisotopic (exact) mass is 299 g/mol. The van der Waals surface area contributed by atoms with Crippen LogP contribution in [0.25, 0.3) is 0 Å². The second-order valence-electron chi connectivity index (χ2n) is 4.75. The average molecular weight is 299 g/mol. The summed E-state index contributed by atoms with van der Waals surface area (Å²) in [5.74, 6) is -0.594. The quantitative estimate of drug-likeness (QED) is 0.812. The van der Waals surface area contributed by atoms with Crippen molar-refractivity contribution in [2.75, 3.05) is 20.2 Å². The van der Waals surface area contributed by atoms with Gasteiger partial charge in [0.1, 0.15) is 0 Å². The highest BCUT2D eigenvalue weighted by Crippen LogP contribution is 2.18. The van der Waals surface area contributed by atoms with E-state index in [0.717, 1.165) is 0 Å². The SMILES string of the molecule is COC(=O)c1ccc(CS(=O)(=O)N2CC[C@H](O)C2)cc1. The van der Waals surface area contributed by atoms with Crippen LogP contribution in [0.1, 0.15) is 22.3 Å². The maximum Gasteiger partial charge on any atom is 0.337 e. The van der Waals surface area contributed by atoms with Crippen molar-refractivity contribution in [1.82, 2.24) is 4.31 Å². The van der Waals surface area contributed by atoms with Gasteiger partial charge in [-0.2, -0.15) is 4.31 Å². The number of aliphatic hydroxyl groups is 1. The molecule has 1 atom stereocenters. The zero-order valence-corrected chi connectivity index (χ0v) is 12.0. The molecule has 20 heavy (non-hydrogen) atoms. The molecule has 0 saturated carbocycles. The molecule has 1 aliphatic rings. The lowest BCUT2D eigenvalue weighted by molar-refractivity contribution is 0.0600. The van der Waals surface area contributed by atoms with Gasteiger partial charge in [0.05, 0.1) is 24.5 Å². The Balaban J connectivity index is 2.08. The summed E-state index contributed by atoms with van der Waals surface area (Å²) < 4.78 is 30.2. The standard InChI is InChI=1S/C13H17NO5S/c1-19-13(16)11-4-2-10(3-5-11)9-20(17,18)14-7-6-12(15)8-14/h2-5,12,15H,6-9H2,1H3/t12-/m0/s1. The highest BCUT2D eigenvalue weighted by Gasteiger charge is 2.30. The first-order valence-electron chi connectivity index (χ1n) is 6.25. The predicted molar refractivity (Wildman–Crippen MR) is 72.6 cm³/mol. The molecule has 2 rings (SSSR count). The topological polar surface area (TPSA) is 83.9 Å². The average Bonchev–Trinajstić information content (AvgIpc) is 2.86. The third-order valence-corrected chi connectivity index (χ3v) is 5.06. The minimum Gasteiger partial charge on any atom is -0.465 e. The summed E-state index contributed by atoms with van der Waals surface area (Å²) in [7, 11) is -2.14. The summed E-state index contributed by atoms with van der Waals surface area (Å²) in [4.78, 5) is 11.3. The number of sulfonamides is 1. The van der Waals surface area contributed by atoms with E-state index in [0.29, 0.717) is 24.1 Å². The Morgan fingerprint density at radius 2 is 2.05 bits per heavy atom. The van der Waals surface area contributed by atoms with Crippen molar-refractivity contribution in [2.45, 2.75) is 18.3 Å². The van der Waals surface area contributed by atoms with Gasteiger partial charge in [-0.05, 0) is 24.1 Å². The van der Waals surface area contributed by atoms with E-state index in [4.69, 9.17) is 0 Å². The Morgan fingerprint density at radius 1 is 1.40 bits per heavy atom. The van der Waals surface area contributed by atoms with Crippen LogP contribution < -0.4 is 0 Å². The molecule has 0 spiro atoms. The summed E-state index contributed by atoms with van der Waals surface area (Å²) in [6.07, 6.45) is -0.105. The molecular weight excluding hydrogens is 282 g/mol. The first-order chi connectivity index (χ1) is 9.42. The Hall–Kier alpha value is -1.44. The van der Waals surface area contributed by atoms with Gasteiger partial charge in [-0.15, -0.1) is 0 Å². The van der Waals surface area contributed by atoms with Crippen LogP contribution in [-0.2, 0) is 20.5 Å². The van der Waals surface area contributed by atoms with Gasteiger partial charge in [0.15, 0.2) is 0 Å². The Labute approximate surface area is 118 Å². The zero-order valence-electron chi connectivity index (χ0n) is 11.2. The first-order valence-corrected chi connectivity index (χ1v) is 7.86. The Morgan fingerprint density at radius 3 is 2.55 bits per heavy atom. The van der Waals surface area contributed by atoms with E-state index in [9.17, 15) is 18.3 Å². The number of rotatable bonds is 4. The zero-order chi connectivity index (χ0) is 14.8. The van der Waals surface area contributed by atoms with Crippen LogP contribution in [-0.4, -0.2) is 50.1 Å². The van der Waals surface area contributed by atoms with E-state index in [-0.39, 0.29) is 12.3 Å². The van der Waals surface area contributed by atoms with Crippen LogP contribution in [0.4, 0.5) is 0 Å². The number of nitrogens with zero attached hydrogens (tertiary/aromatic N) is 1. The first kappa shape index (κ1) is 15.0. The van der Waals surface area contributed by atoms with Crippen molar-refractivity contribution in [3.8, 4) is 0 Å². The second-order valence-corrected chi connectivity index (χ2v) is 6.71. The summed E-state index contributed by atoms with van der Waals surface area (Å²) >= 11 is 0. The summed E-state index contributed by atoms with van der Waals surface area (Å²) in [6, 6.07) is 6.26. The molecule has 6 nitrogen and oxygen atoms in total. The Kier molecular flexibility index (Phi) is 4.42. The highest BCUT2D eigenvalue weighted by atomic mass is 32.2. The molecule has 1 aliphatic heterocycles.